The minimum Gasteiger partial charge on any atom is -0.375 e. The van der Waals surface area contributed by atoms with Crippen LogP contribution >= 0.6 is 0 Å². The number of nitrogens with zero attached hydrogens (tertiary/aromatic N) is 2. The molecule has 0 aromatic heterocycles. The Morgan fingerprint density at radius 3 is 2.89 bits per heavy atom. The molecule has 1 unspecified atom stereocenters. The molecule has 98 valence electrons. The van der Waals surface area contributed by atoms with Crippen LogP contribution in [-0.2, 0) is 4.79 Å². The van der Waals surface area contributed by atoms with E-state index >= 15 is 0 Å². The standard InChI is InChI=1S/C12H12N4O3/c13-6-8-2-1-3-10(12(8)16(18)19)15-9-4-5-11(17)14-7-9/h1-3,9,15H,4-5,7H2,(H,14,17). The van der Waals surface area contributed by atoms with Crippen molar-refractivity contribution >= 4 is 17.3 Å². The van der Waals surface area contributed by atoms with Crippen LogP contribution in [0.3, 0.4) is 0 Å². The van der Waals surface area contributed by atoms with Crippen LogP contribution in [0.1, 0.15) is 18.4 Å². The second kappa shape index (κ2) is 5.35. The van der Waals surface area contributed by atoms with E-state index in [2.05, 4.69) is 10.6 Å². The molecule has 1 aromatic rings. The van der Waals surface area contributed by atoms with Crippen molar-refractivity contribution in [3.8, 4) is 6.07 Å². The summed E-state index contributed by atoms with van der Waals surface area (Å²) in [5.74, 6) is -0.0154. The van der Waals surface area contributed by atoms with Gasteiger partial charge < -0.3 is 10.6 Å². The van der Waals surface area contributed by atoms with Gasteiger partial charge in [-0.15, -0.1) is 0 Å². The first-order chi connectivity index (χ1) is 9.11. The Labute approximate surface area is 109 Å². The maximum Gasteiger partial charge on any atom is 0.309 e. The fourth-order valence-corrected chi connectivity index (χ4v) is 2.02. The molecule has 19 heavy (non-hydrogen) atoms. The highest BCUT2D eigenvalue weighted by Gasteiger charge is 2.23. The molecule has 0 aliphatic carbocycles. The summed E-state index contributed by atoms with van der Waals surface area (Å²) in [6.45, 7) is 0.423. The Morgan fingerprint density at radius 2 is 2.32 bits per heavy atom. The fraction of sp³-hybridized carbons (Fsp3) is 0.333. The summed E-state index contributed by atoms with van der Waals surface area (Å²) < 4.78 is 0. The summed E-state index contributed by atoms with van der Waals surface area (Å²) in [5, 5.41) is 25.6. The normalized spacial score (nSPS) is 18.3. The third-order valence-corrected chi connectivity index (χ3v) is 2.96. The number of amides is 1. The Morgan fingerprint density at radius 1 is 1.53 bits per heavy atom. The molecule has 2 rings (SSSR count). The number of benzene rings is 1. The number of anilines is 1. The van der Waals surface area contributed by atoms with Crippen LogP contribution in [0.5, 0.6) is 0 Å². The van der Waals surface area contributed by atoms with E-state index in [9.17, 15) is 14.9 Å². The predicted molar refractivity (Wildman–Crippen MR) is 67.5 cm³/mol. The summed E-state index contributed by atoms with van der Waals surface area (Å²) in [5.41, 5.74) is 0.113. The predicted octanol–water partition coefficient (Wildman–Crippen LogP) is 1.16. The zero-order valence-electron chi connectivity index (χ0n) is 10.0. The molecule has 7 heteroatoms. The summed E-state index contributed by atoms with van der Waals surface area (Å²) in [4.78, 5) is 21.5. The van der Waals surface area contributed by atoms with Crippen LogP contribution in [0.25, 0.3) is 0 Å². The lowest BCUT2D eigenvalue weighted by atomic mass is 10.1. The average molecular weight is 260 g/mol. The smallest absolute Gasteiger partial charge is 0.309 e. The van der Waals surface area contributed by atoms with Crippen molar-refractivity contribution < 1.29 is 9.72 Å². The van der Waals surface area contributed by atoms with Gasteiger partial charge in [0.25, 0.3) is 0 Å². The van der Waals surface area contributed by atoms with E-state index in [-0.39, 0.29) is 23.2 Å². The van der Waals surface area contributed by atoms with Crippen LogP contribution in [-0.4, -0.2) is 23.4 Å². The van der Waals surface area contributed by atoms with Gasteiger partial charge in [-0.3, -0.25) is 14.9 Å². The molecule has 1 aliphatic heterocycles. The van der Waals surface area contributed by atoms with Crippen molar-refractivity contribution in [1.29, 1.82) is 5.26 Å². The lowest BCUT2D eigenvalue weighted by molar-refractivity contribution is -0.384. The third-order valence-electron chi connectivity index (χ3n) is 2.96. The first-order valence-corrected chi connectivity index (χ1v) is 5.82. The molecule has 1 aromatic carbocycles. The van der Waals surface area contributed by atoms with E-state index in [1.165, 1.54) is 6.07 Å². The minimum absolute atomic E-state index is 0.0154. The zero-order valence-corrected chi connectivity index (χ0v) is 10.0. The Bertz CT molecular complexity index is 555. The monoisotopic (exact) mass is 260 g/mol. The maximum absolute atomic E-state index is 11.0. The zero-order chi connectivity index (χ0) is 13.8. The van der Waals surface area contributed by atoms with Gasteiger partial charge in [-0.05, 0) is 18.6 Å². The number of hydrogen-bond donors (Lipinski definition) is 2. The number of nitrogens with one attached hydrogen (secondary N) is 2. The van der Waals surface area contributed by atoms with Crippen molar-refractivity contribution in [1.82, 2.24) is 5.32 Å². The maximum atomic E-state index is 11.0. The number of rotatable bonds is 3. The molecule has 1 atom stereocenters. The first-order valence-electron chi connectivity index (χ1n) is 5.82. The quantitative estimate of drug-likeness (QED) is 0.626. The first kappa shape index (κ1) is 12.8. The van der Waals surface area contributed by atoms with Gasteiger partial charge in [0, 0.05) is 19.0 Å². The van der Waals surface area contributed by atoms with Gasteiger partial charge in [0.2, 0.25) is 5.91 Å². The molecular weight excluding hydrogens is 248 g/mol. The van der Waals surface area contributed by atoms with Crippen molar-refractivity contribution in [2.75, 3.05) is 11.9 Å². The van der Waals surface area contributed by atoms with Gasteiger partial charge in [-0.2, -0.15) is 5.26 Å². The van der Waals surface area contributed by atoms with E-state index < -0.39 is 4.92 Å². The highest BCUT2D eigenvalue weighted by Crippen LogP contribution is 2.29. The molecule has 7 nitrogen and oxygen atoms in total. The van der Waals surface area contributed by atoms with Crippen molar-refractivity contribution in [3.05, 3.63) is 33.9 Å². The van der Waals surface area contributed by atoms with Gasteiger partial charge in [-0.25, -0.2) is 0 Å². The van der Waals surface area contributed by atoms with Gasteiger partial charge in [0.05, 0.1) is 4.92 Å². The summed E-state index contributed by atoms with van der Waals surface area (Å²) in [6.07, 6.45) is 1.00. The lowest BCUT2D eigenvalue weighted by Gasteiger charge is -2.24. The Balaban J connectivity index is 2.23. The number of hydrogen-bond acceptors (Lipinski definition) is 5. The van der Waals surface area contributed by atoms with Gasteiger partial charge in [0.15, 0.2) is 0 Å². The molecular formula is C12H12N4O3. The summed E-state index contributed by atoms with van der Waals surface area (Å²) in [7, 11) is 0. The molecule has 0 bridgehead atoms. The van der Waals surface area contributed by atoms with Crippen molar-refractivity contribution in [2.45, 2.75) is 18.9 Å². The molecule has 1 aliphatic rings. The number of nitriles is 1. The van der Waals surface area contributed by atoms with Crippen LogP contribution in [0.15, 0.2) is 18.2 Å². The van der Waals surface area contributed by atoms with E-state index in [1.54, 1.807) is 12.1 Å². The Hall–Kier alpha value is -2.62. The van der Waals surface area contributed by atoms with E-state index in [0.717, 1.165) is 0 Å². The van der Waals surface area contributed by atoms with Gasteiger partial charge >= 0.3 is 5.69 Å². The fourth-order valence-electron chi connectivity index (χ4n) is 2.02. The molecule has 0 radical (unpaired) electrons. The van der Waals surface area contributed by atoms with Crippen LogP contribution in [0.4, 0.5) is 11.4 Å². The van der Waals surface area contributed by atoms with Gasteiger partial charge in [0.1, 0.15) is 17.3 Å². The summed E-state index contributed by atoms with van der Waals surface area (Å²) in [6, 6.07) is 6.31. The second-order valence-electron chi connectivity index (χ2n) is 4.25. The molecule has 1 amide bonds. The number of carbonyl (C=O) groups excluding carboxylic acids is 1. The lowest BCUT2D eigenvalue weighted by Crippen LogP contribution is -2.41. The highest BCUT2D eigenvalue weighted by atomic mass is 16.6. The number of nitro groups is 1. The number of para-hydroxylation sites is 1. The Kier molecular flexibility index (Phi) is 3.61. The minimum atomic E-state index is -0.567. The van der Waals surface area contributed by atoms with Crippen LogP contribution < -0.4 is 10.6 Å². The molecule has 0 spiro atoms. The molecule has 1 saturated heterocycles. The topological polar surface area (TPSA) is 108 Å². The number of nitro benzene ring substituents is 1. The van der Waals surface area contributed by atoms with Crippen molar-refractivity contribution in [3.63, 3.8) is 0 Å². The molecule has 0 saturated carbocycles. The molecule has 1 fully saturated rings. The van der Waals surface area contributed by atoms with E-state index in [1.807, 2.05) is 6.07 Å². The molecule has 1 heterocycles. The second-order valence-corrected chi connectivity index (χ2v) is 4.25. The van der Waals surface area contributed by atoms with E-state index in [4.69, 9.17) is 5.26 Å². The number of carbonyl (C=O) groups is 1. The highest BCUT2D eigenvalue weighted by molar-refractivity contribution is 5.77. The number of piperidine rings is 1. The van der Waals surface area contributed by atoms with Crippen LogP contribution in [0, 0.1) is 21.4 Å². The molecule has 2 N–H and O–H groups in total. The SMILES string of the molecule is N#Cc1cccc(NC2CCC(=O)NC2)c1[N+](=O)[O-]. The van der Waals surface area contributed by atoms with Crippen molar-refractivity contribution in [2.24, 2.45) is 0 Å². The summed E-state index contributed by atoms with van der Waals surface area (Å²) >= 11 is 0. The van der Waals surface area contributed by atoms with Crippen LogP contribution in [0.2, 0.25) is 0 Å². The third kappa shape index (κ3) is 2.80. The van der Waals surface area contributed by atoms with E-state index in [0.29, 0.717) is 25.1 Å². The average Bonchev–Trinajstić information content (AvgIpc) is 2.40. The largest absolute Gasteiger partial charge is 0.375 e. The van der Waals surface area contributed by atoms with Gasteiger partial charge in [-0.1, -0.05) is 6.07 Å².